The SMILES string of the molecule is C=CCN(Cc1cccc(C#N)c1)C(=O)c1ccc(S(=O)(=O)N(C)C2CCCCC2)cc1. The quantitative estimate of drug-likeness (QED) is 0.559. The van der Waals surface area contributed by atoms with Crippen LogP contribution in [0, 0.1) is 11.3 Å². The first-order valence-electron chi connectivity index (χ1n) is 10.8. The zero-order chi connectivity index (χ0) is 23.1. The summed E-state index contributed by atoms with van der Waals surface area (Å²) >= 11 is 0. The highest BCUT2D eigenvalue weighted by Crippen LogP contribution is 2.26. The van der Waals surface area contributed by atoms with Crippen LogP contribution in [0.15, 0.2) is 66.1 Å². The van der Waals surface area contributed by atoms with Crippen molar-refractivity contribution in [2.45, 2.75) is 49.6 Å². The molecule has 1 aliphatic carbocycles. The van der Waals surface area contributed by atoms with Crippen LogP contribution in [0.25, 0.3) is 0 Å². The number of hydrogen-bond acceptors (Lipinski definition) is 4. The van der Waals surface area contributed by atoms with Crippen LogP contribution in [0.1, 0.15) is 53.6 Å². The maximum Gasteiger partial charge on any atom is 0.254 e. The van der Waals surface area contributed by atoms with Gasteiger partial charge < -0.3 is 4.90 Å². The van der Waals surface area contributed by atoms with Crippen LogP contribution in [-0.4, -0.2) is 43.2 Å². The molecule has 1 fully saturated rings. The van der Waals surface area contributed by atoms with Gasteiger partial charge in [0.25, 0.3) is 5.91 Å². The van der Waals surface area contributed by atoms with Crippen molar-refractivity contribution in [1.82, 2.24) is 9.21 Å². The van der Waals surface area contributed by atoms with Crippen LogP contribution in [0.4, 0.5) is 0 Å². The van der Waals surface area contributed by atoms with Crippen LogP contribution in [-0.2, 0) is 16.6 Å². The van der Waals surface area contributed by atoms with Crippen molar-refractivity contribution in [3.8, 4) is 6.07 Å². The Bertz CT molecular complexity index is 1100. The first-order valence-corrected chi connectivity index (χ1v) is 12.3. The summed E-state index contributed by atoms with van der Waals surface area (Å²) in [6.07, 6.45) is 6.67. The molecular formula is C25H29N3O3S. The number of benzene rings is 2. The molecule has 6 nitrogen and oxygen atoms in total. The number of hydrogen-bond donors (Lipinski definition) is 0. The molecule has 0 aromatic heterocycles. The Morgan fingerprint density at radius 3 is 2.47 bits per heavy atom. The van der Waals surface area contributed by atoms with E-state index >= 15 is 0 Å². The maximum atomic E-state index is 13.1. The number of amides is 1. The summed E-state index contributed by atoms with van der Waals surface area (Å²) in [6, 6.07) is 15.4. The predicted molar refractivity (Wildman–Crippen MR) is 124 cm³/mol. The van der Waals surface area contributed by atoms with E-state index in [-0.39, 0.29) is 16.8 Å². The normalized spacial score (nSPS) is 14.7. The van der Waals surface area contributed by atoms with Gasteiger partial charge in [0.05, 0.1) is 16.5 Å². The smallest absolute Gasteiger partial charge is 0.254 e. The van der Waals surface area contributed by atoms with Crippen molar-refractivity contribution in [3.63, 3.8) is 0 Å². The summed E-state index contributed by atoms with van der Waals surface area (Å²) in [5.74, 6) is -0.225. The highest BCUT2D eigenvalue weighted by molar-refractivity contribution is 7.89. The number of carbonyl (C=O) groups excluding carboxylic acids is 1. The number of carbonyl (C=O) groups is 1. The third kappa shape index (κ3) is 5.45. The van der Waals surface area contributed by atoms with Gasteiger partial charge in [-0.25, -0.2) is 8.42 Å². The van der Waals surface area contributed by atoms with Gasteiger partial charge >= 0.3 is 0 Å². The van der Waals surface area contributed by atoms with E-state index < -0.39 is 10.0 Å². The van der Waals surface area contributed by atoms with E-state index in [2.05, 4.69) is 12.6 Å². The Hall–Kier alpha value is -2.95. The second-order valence-corrected chi connectivity index (χ2v) is 10.1. The van der Waals surface area contributed by atoms with Gasteiger partial charge in [0.2, 0.25) is 10.0 Å². The first-order chi connectivity index (χ1) is 15.4. The summed E-state index contributed by atoms with van der Waals surface area (Å²) in [5.41, 5.74) is 1.78. The zero-order valence-corrected chi connectivity index (χ0v) is 19.2. The number of rotatable bonds is 8. The Balaban J connectivity index is 1.77. The highest BCUT2D eigenvalue weighted by atomic mass is 32.2. The third-order valence-electron chi connectivity index (χ3n) is 5.93. The van der Waals surface area contributed by atoms with Crippen LogP contribution in [0.3, 0.4) is 0 Å². The third-order valence-corrected chi connectivity index (χ3v) is 7.86. The van der Waals surface area contributed by atoms with Crippen molar-refractivity contribution in [2.24, 2.45) is 0 Å². The summed E-state index contributed by atoms with van der Waals surface area (Å²) in [6.45, 7) is 4.39. The fourth-order valence-electron chi connectivity index (χ4n) is 4.09. The van der Waals surface area contributed by atoms with Crippen molar-refractivity contribution in [2.75, 3.05) is 13.6 Å². The van der Waals surface area contributed by atoms with Crippen molar-refractivity contribution in [1.29, 1.82) is 5.26 Å². The van der Waals surface area contributed by atoms with E-state index in [1.807, 2.05) is 6.07 Å². The fraction of sp³-hybridized carbons (Fsp3) is 0.360. The van der Waals surface area contributed by atoms with Gasteiger partial charge in [-0.05, 0) is 54.8 Å². The molecule has 2 aromatic rings. The lowest BCUT2D eigenvalue weighted by atomic mass is 9.96. The Kier molecular flexibility index (Phi) is 7.84. The lowest BCUT2D eigenvalue weighted by molar-refractivity contribution is 0.0762. The van der Waals surface area contributed by atoms with Gasteiger partial charge in [-0.15, -0.1) is 6.58 Å². The molecule has 2 aromatic carbocycles. The summed E-state index contributed by atoms with van der Waals surface area (Å²) in [4.78, 5) is 14.9. The molecule has 0 bridgehead atoms. The van der Waals surface area contributed by atoms with E-state index in [1.165, 1.54) is 16.4 Å². The molecule has 168 valence electrons. The van der Waals surface area contributed by atoms with Gasteiger partial charge in [0.1, 0.15) is 0 Å². The molecule has 0 atom stereocenters. The number of nitriles is 1. The molecule has 1 saturated carbocycles. The average molecular weight is 452 g/mol. The fourth-order valence-corrected chi connectivity index (χ4v) is 5.51. The minimum absolute atomic E-state index is 0.0299. The molecule has 0 saturated heterocycles. The number of nitrogens with zero attached hydrogens (tertiary/aromatic N) is 3. The van der Waals surface area contributed by atoms with Gasteiger partial charge in [-0.1, -0.05) is 37.5 Å². The highest BCUT2D eigenvalue weighted by Gasteiger charge is 2.29. The van der Waals surface area contributed by atoms with E-state index in [0.29, 0.717) is 24.2 Å². The van der Waals surface area contributed by atoms with E-state index in [1.54, 1.807) is 48.4 Å². The van der Waals surface area contributed by atoms with Crippen molar-refractivity contribution in [3.05, 3.63) is 77.9 Å². The monoisotopic (exact) mass is 451 g/mol. The van der Waals surface area contributed by atoms with Crippen LogP contribution < -0.4 is 0 Å². The Morgan fingerprint density at radius 1 is 1.16 bits per heavy atom. The molecular weight excluding hydrogens is 422 g/mol. The standard InChI is InChI=1S/C25H29N3O3S/c1-3-16-28(19-21-9-7-8-20(17-21)18-26)25(29)22-12-14-24(15-13-22)32(30,31)27(2)23-10-5-4-6-11-23/h3,7-9,12-15,17,23H,1,4-6,10-11,16,19H2,2H3. The van der Waals surface area contributed by atoms with Gasteiger partial charge in [-0.2, -0.15) is 9.57 Å². The lowest BCUT2D eigenvalue weighted by Gasteiger charge is -2.30. The van der Waals surface area contributed by atoms with Crippen molar-refractivity contribution >= 4 is 15.9 Å². The predicted octanol–water partition coefficient (Wildman–Crippen LogP) is 4.34. The molecule has 1 aliphatic rings. The minimum Gasteiger partial charge on any atom is -0.331 e. The largest absolute Gasteiger partial charge is 0.331 e. The van der Waals surface area contributed by atoms with E-state index in [0.717, 1.165) is 37.7 Å². The van der Waals surface area contributed by atoms with E-state index in [9.17, 15) is 13.2 Å². The lowest BCUT2D eigenvalue weighted by Crippen LogP contribution is -2.38. The van der Waals surface area contributed by atoms with Crippen LogP contribution >= 0.6 is 0 Å². The first kappa shape index (κ1) is 23.7. The summed E-state index contributed by atoms with van der Waals surface area (Å²) in [7, 11) is -1.96. The molecule has 7 heteroatoms. The maximum absolute atomic E-state index is 13.1. The number of sulfonamides is 1. The summed E-state index contributed by atoms with van der Waals surface area (Å²) < 4.78 is 27.6. The molecule has 0 N–H and O–H groups in total. The molecule has 0 spiro atoms. The Labute approximate surface area is 190 Å². The molecule has 0 radical (unpaired) electrons. The zero-order valence-electron chi connectivity index (χ0n) is 18.4. The van der Waals surface area contributed by atoms with Gasteiger partial charge in [-0.3, -0.25) is 4.79 Å². The van der Waals surface area contributed by atoms with E-state index in [4.69, 9.17) is 5.26 Å². The van der Waals surface area contributed by atoms with Crippen molar-refractivity contribution < 1.29 is 13.2 Å². The van der Waals surface area contributed by atoms with Crippen LogP contribution in [0.2, 0.25) is 0 Å². The molecule has 3 rings (SSSR count). The molecule has 0 unspecified atom stereocenters. The molecule has 32 heavy (non-hydrogen) atoms. The second-order valence-electron chi connectivity index (χ2n) is 8.12. The molecule has 0 heterocycles. The second kappa shape index (κ2) is 10.6. The summed E-state index contributed by atoms with van der Waals surface area (Å²) in [5, 5.41) is 9.10. The Morgan fingerprint density at radius 2 is 1.84 bits per heavy atom. The van der Waals surface area contributed by atoms with Gasteiger partial charge in [0, 0.05) is 31.7 Å². The molecule has 0 aliphatic heterocycles. The minimum atomic E-state index is -3.61. The average Bonchev–Trinajstić information content (AvgIpc) is 2.83. The van der Waals surface area contributed by atoms with Gasteiger partial charge in [0.15, 0.2) is 0 Å². The molecule has 1 amide bonds. The van der Waals surface area contributed by atoms with Crippen LogP contribution in [0.5, 0.6) is 0 Å². The topological polar surface area (TPSA) is 81.5 Å².